The number of quaternary nitrogens is 1. The van der Waals surface area contributed by atoms with Gasteiger partial charge >= 0.3 is 5.97 Å². The van der Waals surface area contributed by atoms with E-state index in [0.29, 0.717) is 23.4 Å². The zero-order valence-corrected chi connectivity index (χ0v) is 13.2. The molecule has 1 aromatic rings. The van der Waals surface area contributed by atoms with Gasteiger partial charge < -0.3 is 9.47 Å². The lowest BCUT2D eigenvalue weighted by Gasteiger charge is -2.57. The number of rotatable bonds is 1. The van der Waals surface area contributed by atoms with Crippen molar-refractivity contribution in [1.82, 2.24) is 0 Å². The first-order valence-corrected chi connectivity index (χ1v) is 7.84. The molecule has 3 aliphatic heterocycles. The highest BCUT2D eigenvalue weighted by molar-refractivity contribution is 5.78. The van der Waals surface area contributed by atoms with Gasteiger partial charge in [0.2, 0.25) is 11.8 Å². The molecular weight excluding hydrogens is 285 g/mol. The van der Waals surface area contributed by atoms with E-state index in [9.17, 15) is 9.18 Å². The van der Waals surface area contributed by atoms with E-state index in [1.54, 1.807) is 6.07 Å². The molecule has 3 heterocycles. The topological polar surface area (TPSA) is 35.5 Å². The van der Waals surface area contributed by atoms with E-state index in [-0.39, 0.29) is 11.8 Å². The predicted octanol–water partition coefficient (Wildman–Crippen LogP) is 2.27. The SMILES string of the molecule is COC(=O)C1c2cc(F)cc3c2C(C)(OCC3)[N+]12CC(C)C2. The molecule has 1 spiro atoms. The van der Waals surface area contributed by atoms with Crippen molar-refractivity contribution in [3.63, 3.8) is 0 Å². The minimum atomic E-state index is -0.567. The average Bonchev–Trinajstić information content (AvgIpc) is 2.65. The monoisotopic (exact) mass is 306 g/mol. The molecule has 1 aromatic carbocycles. The van der Waals surface area contributed by atoms with Crippen molar-refractivity contribution in [3.05, 3.63) is 34.6 Å². The van der Waals surface area contributed by atoms with Gasteiger partial charge in [-0.25, -0.2) is 9.18 Å². The molecule has 1 saturated heterocycles. The first-order valence-electron chi connectivity index (χ1n) is 7.84. The van der Waals surface area contributed by atoms with Gasteiger partial charge in [0, 0.05) is 12.5 Å². The number of carbonyl (C=O) groups excluding carboxylic acids is 1. The van der Waals surface area contributed by atoms with Crippen LogP contribution in [0, 0.1) is 11.7 Å². The number of halogens is 1. The second-order valence-electron chi connectivity index (χ2n) is 7.04. The van der Waals surface area contributed by atoms with Crippen LogP contribution in [0.15, 0.2) is 12.1 Å². The summed E-state index contributed by atoms with van der Waals surface area (Å²) in [7, 11) is 1.40. The average molecular weight is 306 g/mol. The Morgan fingerprint density at radius 2 is 2.18 bits per heavy atom. The summed E-state index contributed by atoms with van der Waals surface area (Å²) in [6.45, 7) is 6.50. The zero-order chi connectivity index (χ0) is 15.7. The van der Waals surface area contributed by atoms with Crippen molar-refractivity contribution < 1.29 is 23.1 Å². The van der Waals surface area contributed by atoms with Crippen molar-refractivity contribution in [2.75, 3.05) is 26.8 Å². The Morgan fingerprint density at radius 3 is 2.82 bits per heavy atom. The molecule has 0 amide bonds. The Morgan fingerprint density at radius 1 is 1.45 bits per heavy atom. The van der Waals surface area contributed by atoms with Crippen molar-refractivity contribution >= 4 is 5.97 Å². The Hall–Kier alpha value is -1.46. The van der Waals surface area contributed by atoms with Crippen LogP contribution < -0.4 is 0 Å². The van der Waals surface area contributed by atoms with Crippen molar-refractivity contribution in [2.45, 2.75) is 32.0 Å². The number of benzene rings is 1. The van der Waals surface area contributed by atoms with Crippen LogP contribution in [-0.2, 0) is 26.4 Å². The molecule has 1 fully saturated rings. The van der Waals surface area contributed by atoms with Gasteiger partial charge in [0.05, 0.1) is 38.3 Å². The first kappa shape index (κ1) is 14.2. The predicted molar refractivity (Wildman–Crippen MR) is 77.3 cm³/mol. The molecule has 0 aliphatic carbocycles. The molecule has 0 N–H and O–H groups in total. The molecular formula is C17H21FNO3+. The number of nitrogens with zero attached hydrogens (tertiary/aromatic N) is 1. The summed E-state index contributed by atoms with van der Waals surface area (Å²) < 4.78 is 25.9. The van der Waals surface area contributed by atoms with Gasteiger partial charge in [0.25, 0.3) is 0 Å². The van der Waals surface area contributed by atoms with Gasteiger partial charge in [-0.1, -0.05) is 6.92 Å². The molecule has 3 aliphatic rings. The Kier molecular flexibility index (Phi) is 2.76. The van der Waals surface area contributed by atoms with Gasteiger partial charge in [0.1, 0.15) is 5.82 Å². The number of ether oxygens (including phenoxy) is 2. The third-order valence-electron chi connectivity index (χ3n) is 5.77. The highest BCUT2D eigenvalue weighted by Gasteiger charge is 2.70. The number of fused-ring (bicyclic) bond motifs is 1. The Balaban J connectivity index is 1.99. The third-order valence-corrected chi connectivity index (χ3v) is 5.77. The number of methoxy groups -OCH3 is 1. The summed E-state index contributed by atoms with van der Waals surface area (Å²) in [6, 6.07) is 2.62. The molecule has 2 atom stereocenters. The highest BCUT2D eigenvalue weighted by Crippen LogP contribution is 2.60. The zero-order valence-electron chi connectivity index (χ0n) is 13.2. The first-order chi connectivity index (χ1) is 10.4. The molecule has 2 unspecified atom stereocenters. The summed E-state index contributed by atoms with van der Waals surface area (Å²) >= 11 is 0. The van der Waals surface area contributed by atoms with E-state index < -0.39 is 11.8 Å². The largest absolute Gasteiger partial charge is 0.464 e. The van der Waals surface area contributed by atoms with Crippen LogP contribution in [0.25, 0.3) is 0 Å². The fourth-order valence-electron chi connectivity index (χ4n) is 5.02. The van der Waals surface area contributed by atoms with E-state index in [4.69, 9.17) is 9.47 Å². The van der Waals surface area contributed by atoms with Crippen molar-refractivity contribution in [3.8, 4) is 0 Å². The number of hydrogen-bond acceptors (Lipinski definition) is 3. The van der Waals surface area contributed by atoms with Gasteiger partial charge in [-0.05, 0) is 24.1 Å². The summed E-state index contributed by atoms with van der Waals surface area (Å²) in [5, 5.41) is 0. The lowest BCUT2D eigenvalue weighted by Crippen LogP contribution is -2.72. The van der Waals surface area contributed by atoms with E-state index in [1.165, 1.54) is 13.2 Å². The molecule has 0 saturated carbocycles. The van der Waals surface area contributed by atoms with Gasteiger partial charge in [-0.15, -0.1) is 0 Å². The minimum Gasteiger partial charge on any atom is -0.464 e. The summed E-state index contributed by atoms with van der Waals surface area (Å²) in [4.78, 5) is 12.5. The van der Waals surface area contributed by atoms with Crippen molar-refractivity contribution in [2.24, 2.45) is 5.92 Å². The quantitative estimate of drug-likeness (QED) is 0.590. The van der Waals surface area contributed by atoms with Crippen LogP contribution in [0.1, 0.15) is 36.6 Å². The Labute approximate surface area is 129 Å². The van der Waals surface area contributed by atoms with E-state index >= 15 is 0 Å². The molecule has 4 rings (SSSR count). The third kappa shape index (κ3) is 1.46. The smallest absolute Gasteiger partial charge is 0.369 e. The van der Waals surface area contributed by atoms with E-state index in [2.05, 4.69) is 13.8 Å². The second kappa shape index (κ2) is 4.30. The van der Waals surface area contributed by atoms with Crippen LogP contribution in [0.4, 0.5) is 4.39 Å². The second-order valence-corrected chi connectivity index (χ2v) is 7.04. The fourth-order valence-corrected chi connectivity index (χ4v) is 5.02. The molecule has 118 valence electrons. The maximum absolute atomic E-state index is 14.1. The number of esters is 1. The molecule has 22 heavy (non-hydrogen) atoms. The van der Waals surface area contributed by atoms with Crippen LogP contribution in [0.2, 0.25) is 0 Å². The Bertz CT molecular complexity index is 668. The van der Waals surface area contributed by atoms with Crippen LogP contribution in [0.5, 0.6) is 0 Å². The van der Waals surface area contributed by atoms with E-state index in [0.717, 1.165) is 29.8 Å². The summed E-state index contributed by atoms with van der Waals surface area (Å²) in [5.74, 6) is -0.0448. The van der Waals surface area contributed by atoms with Gasteiger partial charge in [-0.2, -0.15) is 0 Å². The summed E-state index contributed by atoms with van der Waals surface area (Å²) in [5.41, 5.74) is 2.19. The molecule has 0 bridgehead atoms. The van der Waals surface area contributed by atoms with Crippen LogP contribution in [-0.4, -0.2) is 37.3 Å². The molecule has 0 radical (unpaired) electrons. The molecule has 5 heteroatoms. The summed E-state index contributed by atoms with van der Waals surface area (Å²) in [6.07, 6.45) is 0.694. The minimum absolute atomic E-state index is 0.277. The lowest BCUT2D eigenvalue weighted by molar-refractivity contribution is -1.06. The van der Waals surface area contributed by atoms with Crippen molar-refractivity contribution in [1.29, 1.82) is 0 Å². The maximum Gasteiger partial charge on any atom is 0.369 e. The fraction of sp³-hybridized carbons (Fsp3) is 0.588. The van der Waals surface area contributed by atoms with Gasteiger partial charge in [0.15, 0.2) is 0 Å². The standard InChI is InChI=1S/C17H21FNO3/c1-10-8-19(9-10)15(16(20)21-3)13-7-12(18)6-11-4-5-22-17(19,2)14(11)13/h6-7,10,15H,4-5,8-9H2,1-3H3/q+1. The number of carbonyl (C=O) groups is 1. The van der Waals surface area contributed by atoms with E-state index in [1.807, 2.05) is 0 Å². The van der Waals surface area contributed by atoms with Crippen LogP contribution >= 0.6 is 0 Å². The molecule has 0 aromatic heterocycles. The van der Waals surface area contributed by atoms with Crippen LogP contribution in [0.3, 0.4) is 0 Å². The highest BCUT2D eigenvalue weighted by atomic mass is 19.1. The number of hydrogen-bond donors (Lipinski definition) is 0. The lowest BCUT2D eigenvalue weighted by atomic mass is 9.88. The molecule has 4 nitrogen and oxygen atoms in total. The maximum atomic E-state index is 14.1. The van der Waals surface area contributed by atoms with Gasteiger partial charge in [-0.3, -0.25) is 4.48 Å². The normalized spacial score (nSPS) is 38.5.